The number of alkyl halides is 3. The van der Waals surface area contributed by atoms with Crippen molar-refractivity contribution in [2.45, 2.75) is 13.1 Å². The summed E-state index contributed by atoms with van der Waals surface area (Å²) in [6.45, 7) is 0.140. The van der Waals surface area contributed by atoms with Gasteiger partial charge in [0, 0.05) is 6.07 Å². The summed E-state index contributed by atoms with van der Waals surface area (Å²) in [5, 5.41) is 1.75. The average Bonchev–Trinajstić information content (AvgIpc) is 2.40. The van der Waals surface area contributed by atoms with E-state index < -0.39 is 18.6 Å². The molecular weight excluding hydrogens is 279 g/mol. The first kappa shape index (κ1) is 12.1. The highest BCUT2D eigenvalue weighted by atomic mass is 79.9. The van der Waals surface area contributed by atoms with Gasteiger partial charge >= 0.3 is 6.18 Å². The Morgan fingerprint density at radius 3 is 2.60 bits per heavy atom. The van der Waals surface area contributed by atoms with Gasteiger partial charge in [0.2, 0.25) is 0 Å². The second-order valence-corrected chi connectivity index (χ2v) is 3.60. The molecule has 1 N–H and O–H groups in total. The minimum absolute atomic E-state index is 0.0890. The monoisotopic (exact) mass is 285 g/mol. The Morgan fingerprint density at radius 1 is 1.60 bits per heavy atom. The zero-order valence-electron chi connectivity index (χ0n) is 7.61. The van der Waals surface area contributed by atoms with Crippen LogP contribution in [0, 0.1) is 6.92 Å². The molecule has 0 saturated carbocycles. The summed E-state index contributed by atoms with van der Waals surface area (Å²) in [5.41, 5.74) is 0.0890. The molecule has 0 aromatic carbocycles. The van der Waals surface area contributed by atoms with Gasteiger partial charge in [-0.15, -0.1) is 0 Å². The van der Waals surface area contributed by atoms with Crippen LogP contribution in [0.15, 0.2) is 15.2 Å². The number of carbonyl (C=O) groups is 1. The molecule has 0 aliphatic heterocycles. The summed E-state index contributed by atoms with van der Waals surface area (Å²) in [5.74, 6) is -0.541. The minimum Gasteiger partial charge on any atom is -0.454 e. The van der Waals surface area contributed by atoms with Crippen molar-refractivity contribution in [2.24, 2.45) is 0 Å². The molecule has 0 aliphatic carbocycles. The summed E-state index contributed by atoms with van der Waals surface area (Å²) in [4.78, 5) is 11.2. The van der Waals surface area contributed by atoms with E-state index >= 15 is 0 Å². The zero-order valence-corrected chi connectivity index (χ0v) is 9.20. The van der Waals surface area contributed by atoms with Crippen LogP contribution in [0.25, 0.3) is 0 Å². The third-order valence-corrected chi connectivity index (χ3v) is 1.97. The summed E-state index contributed by atoms with van der Waals surface area (Å²) in [6.07, 6.45) is -4.41. The molecule has 84 valence electrons. The lowest BCUT2D eigenvalue weighted by molar-refractivity contribution is -0.123. The van der Waals surface area contributed by atoms with Crippen molar-refractivity contribution >= 4 is 21.8 Å². The molecule has 15 heavy (non-hydrogen) atoms. The maximum Gasteiger partial charge on any atom is 0.405 e. The van der Waals surface area contributed by atoms with Gasteiger partial charge in [0.05, 0.1) is 5.56 Å². The van der Waals surface area contributed by atoms with Crippen LogP contribution in [0.2, 0.25) is 0 Å². The lowest BCUT2D eigenvalue weighted by atomic mass is 10.2. The molecule has 0 aliphatic rings. The maximum absolute atomic E-state index is 11.8. The first-order valence-electron chi connectivity index (χ1n) is 3.90. The van der Waals surface area contributed by atoms with Crippen molar-refractivity contribution in [1.29, 1.82) is 0 Å². The first-order valence-corrected chi connectivity index (χ1v) is 4.70. The highest BCUT2D eigenvalue weighted by Gasteiger charge is 2.28. The van der Waals surface area contributed by atoms with E-state index in [1.54, 1.807) is 5.32 Å². The largest absolute Gasteiger partial charge is 0.454 e. The molecule has 7 heteroatoms. The van der Waals surface area contributed by atoms with Gasteiger partial charge in [0.25, 0.3) is 5.91 Å². The molecule has 1 rings (SSSR count). The second kappa shape index (κ2) is 4.26. The van der Waals surface area contributed by atoms with E-state index in [-0.39, 0.29) is 11.3 Å². The number of rotatable bonds is 2. The van der Waals surface area contributed by atoms with Gasteiger partial charge in [-0.25, -0.2) is 0 Å². The topological polar surface area (TPSA) is 42.2 Å². The maximum atomic E-state index is 11.8. The molecule has 0 unspecified atom stereocenters. The van der Waals surface area contributed by atoms with E-state index in [1.807, 2.05) is 0 Å². The third kappa shape index (κ3) is 3.58. The van der Waals surface area contributed by atoms with Gasteiger partial charge < -0.3 is 9.73 Å². The lowest BCUT2D eigenvalue weighted by Crippen LogP contribution is -2.33. The smallest absolute Gasteiger partial charge is 0.405 e. The molecule has 0 bridgehead atoms. The van der Waals surface area contributed by atoms with Gasteiger partial charge in [-0.3, -0.25) is 4.79 Å². The van der Waals surface area contributed by atoms with Crippen LogP contribution < -0.4 is 5.32 Å². The predicted molar refractivity (Wildman–Crippen MR) is 49.5 cm³/mol. The molecule has 0 radical (unpaired) electrons. The van der Waals surface area contributed by atoms with Crippen LogP contribution >= 0.6 is 15.9 Å². The predicted octanol–water partition coefficient (Wildman–Crippen LogP) is 2.64. The SMILES string of the molecule is Cc1oc(Br)cc1C(=O)NCC(F)(F)F. The standard InChI is InChI=1S/C8H7BrF3NO2/c1-4-5(2-6(9)15-4)7(14)13-3-8(10,11)12/h2H,3H2,1H3,(H,13,14). The second-order valence-electron chi connectivity index (χ2n) is 2.82. The van der Waals surface area contributed by atoms with Gasteiger partial charge in [0.1, 0.15) is 12.3 Å². The molecular formula is C8H7BrF3NO2. The zero-order chi connectivity index (χ0) is 11.6. The fourth-order valence-electron chi connectivity index (χ4n) is 0.947. The van der Waals surface area contributed by atoms with E-state index in [0.717, 1.165) is 0 Å². The van der Waals surface area contributed by atoms with Crippen LogP contribution in [-0.2, 0) is 0 Å². The number of carbonyl (C=O) groups excluding carboxylic acids is 1. The Morgan fingerprint density at radius 2 is 2.20 bits per heavy atom. The summed E-state index contributed by atoms with van der Waals surface area (Å²) in [7, 11) is 0. The number of hydrogen-bond donors (Lipinski definition) is 1. The van der Waals surface area contributed by atoms with Crippen molar-refractivity contribution in [3.63, 3.8) is 0 Å². The van der Waals surface area contributed by atoms with Crippen molar-refractivity contribution < 1.29 is 22.4 Å². The van der Waals surface area contributed by atoms with Crippen LogP contribution in [0.5, 0.6) is 0 Å². The Kier molecular flexibility index (Phi) is 3.43. The van der Waals surface area contributed by atoms with E-state index in [9.17, 15) is 18.0 Å². The number of nitrogens with one attached hydrogen (secondary N) is 1. The molecule has 0 atom stereocenters. The number of aryl methyl sites for hydroxylation is 1. The third-order valence-electron chi connectivity index (χ3n) is 1.58. The number of amides is 1. The average molecular weight is 286 g/mol. The number of hydrogen-bond acceptors (Lipinski definition) is 2. The van der Waals surface area contributed by atoms with Crippen molar-refractivity contribution in [1.82, 2.24) is 5.32 Å². The van der Waals surface area contributed by atoms with Gasteiger partial charge in [-0.2, -0.15) is 13.2 Å². The molecule has 0 fully saturated rings. The van der Waals surface area contributed by atoms with Crippen LogP contribution in [0.3, 0.4) is 0 Å². The van der Waals surface area contributed by atoms with E-state index in [4.69, 9.17) is 4.42 Å². The van der Waals surface area contributed by atoms with E-state index in [2.05, 4.69) is 15.9 Å². The highest BCUT2D eigenvalue weighted by Crippen LogP contribution is 2.20. The van der Waals surface area contributed by atoms with Crippen LogP contribution in [0.1, 0.15) is 16.1 Å². The Labute approximate surface area is 91.8 Å². The van der Waals surface area contributed by atoms with Gasteiger partial charge in [-0.05, 0) is 22.9 Å². The molecule has 1 heterocycles. The Hall–Kier alpha value is -0.980. The minimum atomic E-state index is -4.41. The summed E-state index contributed by atoms with van der Waals surface area (Å²) < 4.78 is 40.6. The lowest BCUT2D eigenvalue weighted by Gasteiger charge is -2.07. The first-order chi connectivity index (χ1) is 6.79. The normalized spacial score (nSPS) is 11.5. The summed E-state index contributed by atoms with van der Waals surface area (Å²) >= 11 is 2.97. The molecule has 0 saturated heterocycles. The summed E-state index contributed by atoms with van der Waals surface area (Å²) in [6, 6.07) is 1.32. The van der Waals surface area contributed by atoms with Crippen molar-refractivity contribution in [3.8, 4) is 0 Å². The van der Waals surface area contributed by atoms with E-state index in [0.29, 0.717) is 4.67 Å². The number of halogens is 4. The fourth-order valence-corrected chi connectivity index (χ4v) is 1.42. The molecule has 1 aromatic heterocycles. The van der Waals surface area contributed by atoms with Crippen molar-refractivity contribution in [2.75, 3.05) is 6.54 Å². The quantitative estimate of drug-likeness (QED) is 0.908. The molecule has 1 amide bonds. The van der Waals surface area contributed by atoms with Crippen molar-refractivity contribution in [3.05, 3.63) is 22.1 Å². The Bertz CT molecular complexity index is 372. The molecule has 1 aromatic rings. The number of furan rings is 1. The fraction of sp³-hybridized carbons (Fsp3) is 0.375. The van der Waals surface area contributed by atoms with Crippen LogP contribution in [-0.4, -0.2) is 18.6 Å². The molecule has 3 nitrogen and oxygen atoms in total. The van der Waals surface area contributed by atoms with Gasteiger partial charge in [0.15, 0.2) is 4.67 Å². The van der Waals surface area contributed by atoms with Crippen LogP contribution in [0.4, 0.5) is 13.2 Å². The van der Waals surface area contributed by atoms with Gasteiger partial charge in [-0.1, -0.05) is 0 Å². The highest BCUT2D eigenvalue weighted by molar-refractivity contribution is 9.10. The van der Waals surface area contributed by atoms with E-state index in [1.165, 1.54) is 13.0 Å². The Balaban J connectivity index is 2.66. The molecule has 0 spiro atoms.